The monoisotopic (exact) mass is 436 g/mol. The van der Waals surface area contributed by atoms with Crippen molar-refractivity contribution in [2.75, 3.05) is 31.6 Å². The minimum atomic E-state index is -0.490. The van der Waals surface area contributed by atoms with E-state index < -0.39 is 5.82 Å². The molecule has 0 radical (unpaired) electrons. The number of ether oxygens (including phenoxy) is 1. The van der Waals surface area contributed by atoms with Gasteiger partial charge in [-0.1, -0.05) is 30.3 Å². The fraction of sp³-hybridized carbons (Fsp3) is 0.292. The van der Waals surface area contributed by atoms with Crippen LogP contribution in [0.5, 0.6) is 5.75 Å². The Labute approximate surface area is 185 Å². The molecule has 7 nitrogen and oxygen atoms in total. The number of aromatic amines is 1. The number of hydrogen-bond acceptors (Lipinski definition) is 4. The van der Waals surface area contributed by atoms with Crippen LogP contribution in [0, 0.1) is 5.82 Å². The number of H-pyrrole nitrogens is 1. The number of halogens is 1. The van der Waals surface area contributed by atoms with Crippen molar-refractivity contribution in [3.05, 3.63) is 77.9 Å². The molecule has 1 N–H and O–H groups in total. The number of carbonyl (C=O) groups is 2. The minimum Gasteiger partial charge on any atom is -0.481 e. The van der Waals surface area contributed by atoms with Crippen LogP contribution in [0.25, 0.3) is 0 Å². The predicted octanol–water partition coefficient (Wildman–Crippen LogP) is 3.61. The zero-order valence-corrected chi connectivity index (χ0v) is 17.8. The van der Waals surface area contributed by atoms with Crippen LogP contribution in [-0.2, 0) is 4.79 Å². The maximum absolute atomic E-state index is 13.7. The number of anilines is 1. The number of nitrogens with zero attached hydrogens (tertiary/aromatic N) is 3. The van der Waals surface area contributed by atoms with Gasteiger partial charge in [0.1, 0.15) is 0 Å². The van der Waals surface area contributed by atoms with Gasteiger partial charge in [-0.25, -0.2) is 4.39 Å². The van der Waals surface area contributed by atoms with Gasteiger partial charge in [0, 0.05) is 31.7 Å². The highest BCUT2D eigenvalue weighted by molar-refractivity contribution is 6.06. The van der Waals surface area contributed by atoms with Crippen LogP contribution in [-0.4, -0.2) is 53.7 Å². The van der Waals surface area contributed by atoms with Crippen molar-refractivity contribution >= 4 is 17.5 Å². The van der Waals surface area contributed by atoms with E-state index >= 15 is 0 Å². The summed E-state index contributed by atoms with van der Waals surface area (Å²) in [6, 6.07) is 15.5. The molecule has 0 saturated carbocycles. The molecule has 4 rings (SSSR count). The third kappa shape index (κ3) is 4.64. The van der Waals surface area contributed by atoms with E-state index in [1.165, 1.54) is 12.1 Å². The van der Waals surface area contributed by atoms with Crippen molar-refractivity contribution in [1.82, 2.24) is 15.1 Å². The number of hydrogen-bond donors (Lipinski definition) is 1. The summed E-state index contributed by atoms with van der Waals surface area (Å²) in [6.45, 7) is 0.859. The molecule has 2 amide bonds. The lowest BCUT2D eigenvalue weighted by atomic mass is 9.91. The van der Waals surface area contributed by atoms with Gasteiger partial charge >= 0.3 is 0 Å². The third-order valence-corrected chi connectivity index (χ3v) is 5.79. The normalized spacial score (nSPS) is 14.2. The molecular weight excluding hydrogens is 411 g/mol. The lowest BCUT2D eigenvalue weighted by Gasteiger charge is -2.32. The molecule has 1 aliphatic heterocycles. The molecule has 3 aromatic rings. The van der Waals surface area contributed by atoms with Gasteiger partial charge in [0.05, 0.1) is 17.5 Å². The smallest absolute Gasteiger partial charge is 0.261 e. The van der Waals surface area contributed by atoms with Gasteiger partial charge < -0.3 is 14.5 Å². The molecule has 2 aromatic carbocycles. The van der Waals surface area contributed by atoms with Crippen molar-refractivity contribution < 1.29 is 18.7 Å². The van der Waals surface area contributed by atoms with Crippen molar-refractivity contribution in [3.63, 3.8) is 0 Å². The number of rotatable bonds is 6. The quantitative estimate of drug-likeness (QED) is 0.640. The maximum atomic E-state index is 13.7. The second-order valence-electron chi connectivity index (χ2n) is 7.77. The molecule has 166 valence electrons. The molecule has 0 bridgehead atoms. The van der Waals surface area contributed by atoms with Crippen LogP contribution in [0.15, 0.2) is 60.8 Å². The van der Waals surface area contributed by atoms with E-state index in [4.69, 9.17) is 4.74 Å². The standard InChI is InChI=1S/C24H25FN4O3/c1-28(18-7-3-2-4-8-18)24(31)19-15-26-27-23(19)17-11-13-29(14-12-17)22(30)16-32-21-10-6-5-9-20(21)25/h2-10,15,17H,11-14,16H2,1H3,(H,26,27). The minimum absolute atomic E-state index is 0.0684. The van der Waals surface area contributed by atoms with Crippen molar-refractivity contribution in [3.8, 4) is 5.75 Å². The maximum Gasteiger partial charge on any atom is 0.261 e. The molecule has 1 saturated heterocycles. The Kier molecular flexibility index (Phi) is 6.49. The average molecular weight is 436 g/mol. The van der Waals surface area contributed by atoms with Crippen LogP contribution in [0.3, 0.4) is 0 Å². The highest BCUT2D eigenvalue weighted by atomic mass is 19.1. The molecule has 0 spiro atoms. The molecule has 0 aliphatic carbocycles. The number of aromatic nitrogens is 2. The molecule has 1 fully saturated rings. The van der Waals surface area contributed by atoms with E-state index in [1.54, 1.807) is 35.2 Å². The number of benzene rings is 2. The highest BCUT2D eigenvalue weighted by Crippen LogP contribution is 2.30. The Morgan fingerprint density at radius 1 is 1.12 bits per heavy atom. The van der Waals surface area contributed by atoms with Crippen LogP contribution in [0.2, 0.25) is 0 Å². The van der Waals surface area contributed by atoms with Gasteiger partial charge in [-0.05, 0) is 37.1 Å². The molecule has 2 heterocycles. The van der Waals surface area contributed by atoms with Crippen molar-refractivity contribution in [1.29, 1.82) is 0 Å². The largest absolute Gasteiger partial charge is 0.481 e. The summed E-state index contributed by atoms with van der Waals surface area (Å²) in [7, 11) is 1.74. The van der Waals surface area contributed by atoms with Gasteiger partial charge in [-0.3, -0.25) is 14.7 Å². The Morgan fingerprint density at radius 3 is 2.53 bits per heavy atom. The average Bonchev–Trinajstić information content (AvgIpc) is 3.33. The van der Waals surface area contributed by atoms with Crippen LogP contribution >= 0.6 is 0 Å². The molecule has 0 unspecified atom stereocenters. The topological polar surface area (TPSA) is 78.5 Å². The summed E-state index contributed by atoms with van der Waals surface area (Å²) in [4.78, 5) is 28.9. The second-order valence-corrected chi connectivity index (χ2v) is 7.77. The van der Waals surface area contributed by atoms with Crippen LogP contribution < -0.4 is 9.64 Å². The van der Waals surface area contributed by atoms with Gasteiger partial charge in [-0.2, -0.15) is 5.10 Å². The van der Waals surface area contributed by atoms with Crippen LogP contribution in [0.4, 0.5) is 10.1 Å². The van der Waals surface area contributed by atoms with E-state index in [9.17, 15) is 14.0 Å². The van der Waals surface area contributed by atoms with E-state index in [1.807, 2.05) is 30.3 Å². The highest BCUT2D eigenvalue weighted by Gasteiger charge is 2.29. The van der Waals surface area contributed by atoms with Crippen molar-refractivity contribution in [2.24, 2.45) is 0 Å². The molecule has 1 aliphatic rings. The summed E-state index contributed by atoms with van der Waals surface area (Å²) in [5, 5.41) is 7.10. The van der Waals surface area contributed by atoms with Crippen molar-refractivity contribution in [2.45, 2.75) is 18.8 Å². The lowest BCUT2D eigenvalue weighted by molar-refractivity contribution is -0.134. The fourth-order valence-corrected chi connectivity index (χ4v) is 3.94. The lowest BCUT2D eigenvalue weighted by Crippen LogP contribution is -2.41. The first-order chi connectivity index (χ1) is 15.5. The van der Waals surface area contributed by atoms with Gasteiger partial charge in [0.25, 0.3) is 11.8 Å². The fourth-order valence-electron chi connectivity index (χ4n) is 3.94. The number of piperidine rings is 1. The summed E-state index contributed by atoms with van der Waals surface area (Å²) in [6.07, 6.45) is 2.96. The third-order valence-electron chi connectivity index (χ3n) is 5.79. The van der Waals surface area contributed by atoms with Gasteiger partial charge in [0.15, 0.2) is 18.2 Å². The first kappa shape index (κ1) is 21.5. The van der Waals surface area contributed by atoms with E-state index in [0.29, 0.717) is 31.5 Å². The molecule has 0 atom stereocenters. The summed E-state index contributed by atoms with van der Waals surface area (Å²) >= 11 is 0. The number of nitrogens with one attached hydrogen (secondary N) is 1. The second kappa shape index (κ2) is 9.64. The Bertz CT molecular complexity index is 1080. The Hall–Kier alpha value is -3.68. The Morgan fingerprint density at radius 2 is 1.81 bits per heavy atom. The van der Waals surface area contributed by atoms with Crippen LogP contribution in [0.1, 0.15) is 34.8 Å². The SMILES string of the molecule is CN(C(=O)c1cn[nH]c1C1CCN(C(=O)COc2ccccc2F)CC1)c1ccccc1. The zero-order chi connectivity index (χ0) is 22.5. The number of carbonyl (C=O) groups excluding carboxylic acids is 2. The van der Waals surface area contributed by atoms with E-state index in [0.717, 1.165) is 11.4 Å². The van der Waals surface area contributed by atoms with Gasteiger partial charge in [-0.15, -0.1) is 0 Å². The first-order valence-corrected chi connectivity index (χ1v) is 10.6. The summed E-state index contributed by atoms with van der Waals surface area (Å²) in [5.74, 6) is -0.639. The summed E-state index contributed by atoms with van der Waals surface area (Å²) in [5.41, 5.74) is 2.15. The van der Waals surface area contributed by atoms with E-state index in [2.05, 4.69) is 10.2 Å². The van der Waals surface area contributed by atoms with Gasteiger partial charge in [0.2, 0.25) is 0 Å². The van der Waals surface area contributed by atoms with E-state index in [-0.39, 0.29) is 30.1 Å². The molecule has 1 aromatic heterocycles. The molecule has 32 heavy (non-hydrogen) atoms. The Balaban J connectivity index is 1.35. The molecular formula is C24H25FN4O3. The first-order valence-electron chi connectivity index (χ1n) is 10.6. The number of para-hydroxylation sites is 2. The summed E-state index contributed by atoms with van der Waals surface area (Å²) < 4.78 is 19.0. The predicted molar refractivity (Wildman–Crippen MR) is 118 cm³/mol. The number of amides is 2. The molecule has 8 heteroatoms. The number of likely N-dealkylation sites (tertiary alicyclic amines) is 1. The zero-order valence-electron chi connectivity index (χ0n) is 17.8.